The first kappa shape index (κ1) is 15.5. The van der Waals surface area contributed by atoms with Crippen molar-refractivity contribution in [3.8, 4) is 11.4 Å². The molecule has 6 nitrogen and oxygen atoms in total. The highest BCUT2D eigenvalue weighted by atomic mass is 32.2. The van der Waals surface area contributed by atoms with Crippen molar-refractivity contribution >= 4 is 15.5 Å². The summed E-state index contributed by atoms with van der Waals surface area (Å²) < 4.78 is 25.2. The highest BCUT2D eigenvalue weighted by molar-refractivity contribution is 7.91. The van der Waals surface area contributed by atoms with Crippen molar-refractivity contribution in [3.63, 3.8) is 0 Å². The number of anilines is 1. The molecule has 21 heavy (non-hydrogen) atoms. The number of para-hydroxylation sites is 1. The second-order valence-corrected chi connectivity index (χ2v) is 7.45. The zero-order valence-electron chi connectivity index (χ0n) is 12.4. The molecular formula is C14H20N4O2S. The zero-order valence-corrected chi connectivity index (χ0v) is 13.3. The van der Waals surface area contributed by atoms with Crippen LogP contribution < -0.4 is 5.32 Å². The van der Waals surface area contributed by atoms with E-state index in [1.807, 2.05) is 42.8 Å². The van der Waals surface area contributed by atoms with Crippen LogP contribution in [0.4, 0.5) is 5.69 Å². The Bertz CT molecular complexity index is 709. The van der Waals surface area contributed by atoms with Crippen molar-refractivity contribution in [1.29, 1.82) is 0 Å². The summed E-state index contributed by atoms with van der Waals surface area (Å²) >= 11 is 0. The minimum atomic E-state index is -3.01. The minimum Gasteiger partial charge on any atom is -0.381 e. The standard InChI is InChI=1S/C14H20N4O2S/c1-4-21(19,20)9-11(2)16-13-8-6-5-7-12(13)14-17-15-10-18(14)3/h5-8,10-11,16H,4,9H2,1-3H3. The topological polar surface area (TPSA) is 76.9 Å². The van der Waals surface area contributed by atoms with Crippen LogP contribution in [0.25, 0.3) is 11.4 Å². The van der Waals surface area contributed by atoms with Crippen LogP contribution in [-0.4, -0.2) is 40.7 Å². The van der Waals surface area contributed by atoms with E-state index in [9.17, 15) is 8.42 Å². The molecule has 1 N–H and O–H groups in total. The second kappa shape index (κ2) is 6.26. The highest BCUT2D eigenvalue weighted by Crippen LogP contribution is 2.26. The van der Waals surface area contributed by atoms with Gasteiger partial charge in [0.25, 0.3) is 0 Å². The summed E-state index contributed by atoms with van der Waals surface area (Å²) in [4.78, 5) is 0. The van der Waals surface area contributed by atoms with Gasteiger partial charge in [0.05, 0.1) is 5.75 Å². The smallest absolute Gasteiger partial charge is 0.165 e. The molecule has 7 heteroatoms. The number of nitrogens with zero attached hydrogens (tertiary/aromatic N) is 3. The predicted octanol–water partition coefficient (Wildman–Crippen LogP) is 1.72. The number of rotatable bonds is 6. The lowest BCUT2D eigenvalue weighted by Crippen LogP contribution is -2.27. The maximum absolute atomic E-state index is 11.7. The van der Waals surface area contributed by atoms with Gasteiger partial charge in [0.1, 0.15) is 6.33 Å². The minimum absolute atomic E-state index is 0.108. The Hall–Kier alpha value is -1.89. The van der Waals surface area contributed by atoms with Crippen LogP contribution >= 0.6 is 0 Å². The molecule has 1 unspecified atom stereocenters. The summed E-state index contributed by atoms with van der Waals surface area (Å²) in [6.07, 6.45) is 1.64. The predicted molar refractivity (Wildman–Crippen MR) is 83.9 cm³/mol. The number of benzene rings is 1. The molecule has 0 saturated carbocycles. The number of aromatic nitrogens is 3. The monoisotopic (exact) mass is 308 g/mol. The Morgan fingerprint density at radius 2 is 2.05 bits per heavy atom. The largest absolute Gasteiger partial charge is 0.381 e. The molecule has 0 saturated heterocycles. The molecule has 0 bridgehead atoms. The molecule has 0 radical (unpaired) electrons. The molecule has 0 aliphatic rings. The van der Waals surface area contributed by atoms with Gasteiger partial charge >= 0.3 is 0 Å². The molecule has 2 aromatic rings. The number of hydrogen-bond donors (Lipinski definition) is 1. The van der Waals surface area contributed by atoms with E-state index >= 15 is 0 Å². The van der Waals surface area contributed by atoms with Gasteiger partial charge in [-0.3, -0.25) is 0 Å². The van der Waals surface area contributed by atoms with Crippen LogP contribution in [0.3, 0.4) is 0 Å². The van der Waals surface area contributed by atoms with Crippen molar-refractivity contribution in [1.82, 2.24) is 14.8 Å². The Balaban J connectivity index is 2.24. The summed E-state index contributed by atoms with van der Waals surface area (Å²) in [5.41, 5.74) is 1.76. The van der Waals surface area contributed by atoms with Crippen LogP contribution in [0, 0.1) is 0 Å². The highest BCUT2D eigenvalue weighted by Gasteiger charge is 2.16. The summed E-state index contributed by atoms with van der Waals surface area (Å²) in [5.74, 6) is 1.00. The quantitative estimate of drug-likeness (QED) is 0.879. The maximum Gasteiger partial charge on any atom is 0.165 e. The second-order valence-electron chi connectivity index (χ2n) is 5.06. The van der Waals surface area contributed by atoms with Gasteiger partial charge in [0.2, 0.25) is 0 Å². The van der Waals surface area contributed by atoms with Crippen molar-refractivity contribution in [2.24, 2.45) is 7.05 Å². The van der Waals surface area contributed by atoms with Gasteiger partial charge in [-0.15, -0.1) is 10.2 Å². The van der Waals surface area contributed by atoms with Gasteiger partial charge in [0, 0.05) is 30.1 Å². The zero-order chi connectivity index (χ0) is 15.5. The maximum atomic E-state index is 11.7. The number of aryl methyl sites for hydroxylation is 1. The fourth-order valence-electron chi connectivity index (χ4n) is 2.14. The third kappa shape index (κ3) is 3.81. The van der Waals surface area contributed by atoms with Gasteiger partial charge in [-0.2, -0.15) is 0 Å². The molecule has 1 atom stereocenters. The molecule has 0 aliphatic heterocycles. The molecule has 1 heterocycles. The van der Waals surface area contributed by atoms with Crippen molar-refractivity contribution in [2.75, 3.05) is 16.8 Å². The Morgan fingerprint density at radius 3 is 2.67 bits per heavy atom. The lowest BCUT2D eigenvalue weighted by atomic mass is 10.1. The number of nitrogens with one attached hydrogen (secondary N) is 1. The van der Waals surface area contributed by atoms with Crippen LogP contribution in [-0.2, 0) is 16.9 Å². The van der Waals surface area contributed by atoms with Crippen LogP contribution in [0.15, 0.2) is 30.6 Å². The van der Waals surface area contributed by atoms with E-state index in [-0.39, 0.29) is 17.5 Å². The molecular weight excluding hydrogens is 288 g/mol. The van der Waals surface area contributed by atoms with E-state index < -0.39 is 9.84 Å². The molecule has 1 aromatic carbocycles. The Morgan fingerprint density at radius 1 is 1.33 bits per heavy atom. The normalized spacial score (nSPS) is 13.1. The van der Waals surface area contributed by atoms with E-state index in [2.05, 4.69) is 15.5 Å². The molecule has 0 aliphatic carbocycles. The number of hydrogen-bond acceptors (Lipinski definition) is 5. The lowest BCUT2D eigenvalue weighted by molar-refractivity contribution is 0.593. The lowest BCUT2D eigenvalue weighted by Gasteiger charge is -2.17. The summed E-state index contributed by atoms with van der Waals surface area (Å²) in [7, 11) is -1.14. The third-order valence-electron chi connectivity index (χ3n) is 3.23. The molecule has 1 aromatic heterocycles. The average molecular weight is 308 g/mol. The Kier molecular flexibility index (Phi) is 4.62. The van der Waals surface area contributed by atoms with Crippen molar-refractivity contribution in [2.45, 2.75) is 19.9 Å². The van der Waals surface area contributed by atoms with E-state index in [0.717, 1.165) is 17.1 Å². The molecule has 0 amide bonds. The van der Waals surface area contributed by atoms with Crippen molar-refractivity contribution in [3.05, 3.63) is 30.6 Å². The van der Waals surface area contributed by atoms with Crippen LogP contribution in [0.1, 0.15) is 13.8 Å². The first-order valence-electron chi connectivity index (χ1n) is 6.83. The van der Waals surface area contributed by atoms with E-state index in [1.54, 1.807) is 13.3 Å². The fraction of sp³-hybridized carbons (Fsp3) is 0.429. The molecule has 0 fully saturated rings. The SMILES string of the molecule is CCS(=O)(=O)CC(C)Nc1ccccc1-c1nncn1C. The summed E-state index contributed by atoms with van der Waals surface area (Å²) in [6.45, 7) is 3.52. The van der Waals surface area contributed by atoms with E-state index in [1.165, 1.54) is 0 Å². The first-order valence-corrected chi connectivity index (χ1v) is 8.65. The van der Waals surface area contributed by atoms with Gasteiger partial charge in [-0.1, -0.05) is 19.1 Å². The van der Waals surface area contributed by atoms with Gasteiger partial charge in [0.15, 0.2) is 15.7 Å². The molecule has 114 valence electrons. The van der Waals surface area contributed by atoms with Crippen LogP contribution in [0.5, 0.6) is 0 Å². The van der Waals surface area contributed by atoms with Gasteiger partial charge in [-0.05, 0) is 19.1 Å². The first-order chi connectivity index (χ1) is 9.93. The van der Waals surface area contributed by atoms with E-state index in [0.29, 0.717) is 0 Å². The molecule has 2 rings (SSSR count). The summed E-state index contributed by atoms with van der Waals surface area (Å²) in [6, 6.07) is 7.50. The Labute approximate surface area is 125 Å². The van der Waals surface area contributed by atoms with Crippen LogP contribution in [0.2, 0.25) is 0 Å². The molecule has 0 spiro atoms. The fourth-order valence-corrected chi connectivity index (χ4v) is 3.22. The number of sulfone groups is 1. The van der Waals surface area contributed by atoms with Gasteiger partial charge < -0.3 is 9.88 Å². The van der Waals surface area contributed by atoms with Crippen molar-refractivity contribution < 1.29 is 8.42 Å². The average Bonchev–Trinajstić information content (AvgIpc) is 2.85. The van der Waals surface area contributed by atoms with Gasteiger partial charge in [-0.25, -0.2) is 8.42 Å². The van der Waals surface area contributed by atoms with E-state index in [4.69, 9.17) is 0 Å². The summed E-state index contributed by atoms with van der Waals surface area (Å²) in [5, 5.41) is 11.2. The third-order valence-corrected chi connectivity index (χ3v) is 5.11.